The molecule has 5 nitrogen and oxygen atoms in total. The quantitative estimate of drug-likeness (QED) is 0.187. The largest absolute Gasteiger partial charge is 0.309 e. The van der Waals surface area contributed by atoms with E-state index < -0.39 is 0 Å². The van der Waals surface area contributed by atoms with Crippen LogP contribution in [0.1, 0.15) is 0 Å². The number of benzene rings is 8. The Hall–Kier alpha value is -7.24. The third kappa shape index (κ3) is 4.02. The monoisotopic (exact) mass is 675 g/mol. The van der Waals surface area contributed by atoms with E-state index in [2.05, 4.69) is 171 Å². The molecule has 0 N–H and O–H groups in total. The normalized spacial score (nSPS) is 12.2. The Labute approximate surface area is 303 Å². The minimum atomic E-state index is 0.662. The van der Waals surface area contributed by atoms with Crippen LogP contribution in [0, 0.1) is 0 Å². The first-order chi connectivity index (χ1) is 26.3. The van der Waals surface area contributed by atoms with Crippen molar-refractivity contribution in [3.8, 4) is 17.3 Å². The predicted octanol–water partition coefficient (Wildman–Crippen LogP) is 12.1. The van der Waals surface area contributed by atoms with Gasteiger partial charge in [0.15, 0.2) is 0 Å². The maximum Gasteiger partial charge on any atom is 0.234 e. The number of rotatable bonds is 3. The Bertz CT molecular complexity index is 3140. The summed E-state index contributed by atoms with van der Waals surface area (Å²) in [6, 6.07) is 59.5. The number of hydrogen-bond acceptors (Lipinski definition) is 2. The van der Waals surface area contributed by atoms with Crippen LogP contribution in [0.2, 0.25) is 0 Å². The summed E-state index contributed by atoms with van der Waals surface area (Å²) in [6.07, 6.45) is 3.64. The van der Waals surface area contributed by atoms with Gasteiger partial charge in [-0.2, -0.15) is 0 Å². The van der Waals surface area contributed by atoms with E-state index in [1.54, 1.807) is 0 Å². The molecule has 0 amide bonds. The van der Waals surface area contributed by atoms with Crippen LogP contribution in [-0.4, -0.2) is 23.7 Å². The van der Waals surface area contributed by atoms with E-state index in [9.17, 15) is 0 Å². The molecular formula is C48H29N5. The summed E-state index contributed by atoms with van der Waals surface area (Å²) in [5.41, 5.74) is 9.28. The van der Waals surface area contributed by atoms with Crippen molar-refractivity contribution in [2.75, 3.05) is 0 Å². The second kappa shape index (κ2) is 10.6. The van der Waals surface area contributed by atoms with E-state index >= 15 is 0 Å². The lowest BCUT2D eigenvalue weighted by atomic mass is 10.0. The highest BCUT2D eigenvalue weighted by Gasteiger charge is 2.18. The summed E-state index contributed by atoms with van der Waals surface area (Å²) < 4.78 is 6.99. The highest BCUT2D eigenvalue weighted by atomic mass is 15.1. The smallest absolute Gasteiger partial charge is 0.234 e. The summed E-state index contributed by atoms with van der Waals surface area (Å²) >= 11 is 0. The van der Waals surface area contributed by atoms with Gasteiger partial charge < -0.3 is 9.13 Å². The lowest BCUT2D eigenvalue weighted by Crippen LogP contribution is -1.99. The topological polar surface area (TPSA) is 40.6 Å². The Morgan fingerprint density at radius 3 is 1.09 bits per heavy atom. The van der Waals surface area contributed by atoms with Crippen molar-refractivity contribution < 1.29 is 0 Å². The molecule has 12 rings (SSSR count). The molecule has 4 aromatic heterocycles. The zero-order valence-corrected chi connectivity index (χ0v) is 28.5. The molecule has 246 valence electrons. The van der Waals surface area contributed by atoms with Gasteiger partial charge in [0.2, 0.25) is 5.95 Å². The van der Waals surface area contributed by atoms with Gasteiger partial charge in [-0.25, -0.2) is 9.97 Å². The molecule has 0 spiro atoms. The molecule has 0 bridgehead atoms. The number of aromatic nitrogens is 5. The highest BCUT2D eigenvalue weighted by Crippen LogP contribution is 2.39. The number of fused-ring (bicyclic) bond motifs is 11. The van der Waals surface area contributed by atoms with Crippen LogP contribution >= 0.6 is 0 Å². The van der Waals surface area contributed by atoms with E-state index in [0.29, 0.717) is 5.95 Å². The van der Waals surface area contributed by atoms with E-state index in [-0.39, 0.29) is 0 Å². The van der Waals surface area contributed by atoms with E-state index in [4.69, 9.17) is 9.97 Å². The molecule has 0 saturated heterocycles. The maximum absolute atomic E-state index is 4.74. The van der Waals surface area contributed by atoms with Crippen molar-refractivity contribution in [3.63, 3.8) is 0 Å². The molecule has 8 aromatic carbocycles. The molecule has 0 radical (unpaired) electrons. The molecular weight excluding hydrogens is 647 g/mol. The van der Waals surface area contributed by atoms with Crippen LogP contribution < -0.4 is 0 Å². The number of hydrogen-bond donors (Lipinski definition) is 0. The van der Waals surface area contributed by atoms with Crippen molar-refractivity contribution in [2.45, 2.75) is 0 Å². The molecule has 0 aliphatic carbocycles. The molecule has 0 aliphatic rings. The molecule has 0 unspecified atom stereocenters. The Morgan fingerprint density at radius 2 is 0.679 bits per heavy atom. The summed E-state index contributed by atoms with van der Waals surface area (Å²) in [5, 5.41) is 12.1. The van der Waals surface area contributed by atoms with Crippen molar-refractivity contribution in [1.29, 1.82) is 0 Å². The van der Waals surface area contributed by atoms with Crippen LogP contribution in [0.15, 0.2) is 176 Å². The first-order valence-corrected chi connectivity index (χ1v) is 18.0. The molecule has 0 saturated carbocycles. The SMILES string of the molecule is c1cnc(-n2c3cc4ccc(-n5c6ccccc6c6ccccc65)cc4cc3c3cc4cc(-n5c6ccccc6c6ccccc65)ccc4cc32)nc1. The lowest BCUT2D eigenvalue weighted by Gasteiger charge is -2.10. The zero-order chi connectivity index (χ0) is 34.6. The van der Waals surface area contributed by atoms with Crippen LogP contribution in [-0.2, 0) is 0 Å². The fourth-order valence-electron chi connectivity index (χ4n) is 8.78. The second-order valence-electron chi connectivity index (χ2n) is 13.9. The van der Waals surface area contributed by atoms with Gasteiger partial charge in [0.1, 0.15) is 0 Å². The maximum atomic E-state index is 4.74. The van der Waals surface area contributed by atoms with Crippen molar-refractivity contribution in [1.82, 2.24) is 23.7 Å². The van der Waals surface area contributed by atoms with E-state index in [1.165, 1.54) is 75.9 Å². The minimum Gasteiger partial charge on any atom is -0.309 e. The van der Waals surface area contributed by atoms with Gasteiger partial charge in [-0.3, -0.25) is 4.57 Å². The van der Waals surface area contributed by atoms with Gasteiger partial charge in [0, 0.05) is 56.1 Å². The van der Waals surface area contributed by atoms with Crippen LogP contribution in [0.25, 0.3) is 104 Å². The number of para-hydroxylation sites is 4. The van der Waals surface area contributed by atoms with Gasteiger partial charge in [0.05, 0.1) is 33.1 Å². The van der Waals surface area contributed by atoms with Gasteiger partial charge in [-0.1, -0.05) is 84.9 Å². The van der Waals surface area contributed by atoms with E-state index in [0.717, 1.165) is 22.4 Å². The van der Waals surface area contributed by atoms with Gasteiger partial charge in [-0.15, -0.1) is 0 Å². The van der Waals surface area contributed by atoms with Gasteiger partial charge >= 0.3 is 0 Å². The third-order valence-corrected chi connectivity index (χ3v) is 11.1. The van der Waals surface area contributed by atoms with Gasteiger partial charge in [0.25, 0.3) is 0 Å². The van der Waals surface area contributed by atoms with Crippen LogP contribution in [0.4, 0.5) is 0 Å². The Balaban J connectivity index is 1.13. The number of nitrogens with zero attached hydrogens (tertiary/aromatic N) is 5. The molecule has 0 atom stereocenters. The summed E-state index contributed by atoms with van der Waals surface area (Å²) in [6.45, 7) is 0. The second-order valence-corrected chi connectivity index (χ2v) is 13.9. The lowest BCUT2D eigenvalue weighted by molar-refractivity contribution is 0.989. The minimum absolute atomic E-state index is 0.662. The summed E-state index contributed by atoms with van der Waals surface area (Å²) in [4.78, 5) is 9.48. The molecule has 53 heavy (non-hydrogen) atoms. The van der Waals surface area contributed by atoms with Crippen molar-refractivity contribution in [3.05, 3.63) is 176 Å². The van der Waals surface area contributed by atoms with Crippen LogP contribution in [0.3, 0.4) is 0 Å². The fourth-order valence-corrected chi connectivity index (χ4v) is 8.78. The first kappa shape index (κ1) is 28.5. The summed E-state index contributed by atoms with van der Waals surface area (Å²) in [5.74, 6) is 0.662. The molecule has 5 heteroatoms. The van der Waals surface area contributed by atoms with Crippen LogP contribution in [0.5, 0.6) is 0 Å². The Morgan fingerprint density at radius 1 is 0.283 bits per heavy atom. The summed E-state index contributed by atoms with van der Waals surface area (Å²) in [7, 11) is 0. The van der Waals surface area contributed by atoms with E-state index in [1.807, 2.05) is 18.5 Å². The molecule has 0 aliphatic heterocycles. The standard InChI is InChI=1S/C48H29N5/c1-5-14-42-36(10-1)37-11-2-6-15-43(37)51(42)34-20-18-30-28-46-40(26-32(30)24-34)41-27-33-25-35(21-19-31(33)29-47(41)53(46)48-49-22-9-23-50-48)52-44-16-7-3-12-38(44)39-13-4-8-17-45(39)52/h1-29H. The van der Waals surface area contributed by atoms with Gasteiger partial charge in [-0.05, 0) is 100 Å². The zero-order valence-electron chi connectivity index (χ0n) is 28.5. The Kier molecular flexibility index (Phi) is 5.71. The highest BCUT2D eigenvalue weighted by molar-refractivity contribution is 6.17. The average Bonchev–Trinajstić information content (AvgIpc) is 3.84. The van der Waals surface area contributed by atoms with Crippen molar-refractivity contribution >= 4 is 87.0 Å². The average molecular weight is 676 g/mol. The first-order valence-electron chi connectivity index (χ1n) is 18.0. The molecule has 0 fully saturated rings. The fraction of sp³-hybridized carbons (Fsp3) is 0. The van der Waals surface area contributed by atoms with Crippen molar-refractivity contribution in [2.24, 2.45) is 0 Å². The molecule has 12 aromatic rings. The predicted molar refractivity (Wildman–Crippen MR) is 220 cm³/mol. The molecule has 4 heterocycles. The third-order valence-electron chi connectivity index (χ3n) is 11.1.